The Hall–Kier alpha value is -3.86. The summed E-state index contributed by atoms with van der Waals surface area (Å²) in [4.78, 5) is 29.4. The number of rotatable bonds is 6. The first-order chi connectivity index (χ1) is 15.9. The second kappa shape index (κ2) is 9.33. The van der Waals surface area contributed by atoms with Crippen molar-refractivity contribution in [3.8, 4) is 17.5 Å². The highest BCUT2D eigenvalue weighted by Crippen LogP contribution is 2.37. The summed E-state index contributed by atoms with van der Waals surface area (Å²) in [6, 6.07) is 11.7. The Bertz CT molecular complexity index is 1230. The lowest BCUT2D eigenvalue weighted by Gasteiger charge is -2.19. The van der Waals surface area contributed by atoms with Gasteiger partial charge in [0.2, 0.25) is 5.89 Å². The number of nitriles is 1. The fourth-order valence-corrected chi connectivity index (χ4v) is 4.36. The van der Waals surface area contributed by atoms with E-state index in [0.29, 0.717) is 23.0 Å². The highest BCUT2D eigenvalue weighted by Gasteiger charge is 2.27. The molecule has 33 heavy (non-hydrogen) atoms. The Balaban J connectivity index is 1.46. The SMILES string of the molecule is Cc1oc(-c2ccccc2)nc1C(=O)OCC(=O)Nc1c(C#N)c(C)c(C)n1C1CCCC1. The molecular formula is C25H26N4O4. The summed E-state index contributed by atoms with van der Waals surface area (Å²) in [7, 11) is 0. The van der Waals surface area contributed by atoms with Gasteiger partial charge in [0.25, 0.3) is 5.91 Å². The predicted octanol–water partition coefficient (Wildman–Crippen LogP) is 4.85. The molecule has 0 spiro atoms. The van der Waals surface area contributed by atoms with Crippen molar-refractivity contribution in [3.63, 3.8) is 0 Å². The molecule has 1 fully saturated rings. The van der Waals surface area contributed by atoms with Crippen molar-refractivity contribution in [2.45, 2.75) is 52.5 Å². The highest BCUT2D eigenvalue weighted by molar-refractivity contribution is 5.96. The van der Waals surface area contributed by atoms with Gasteiger partial charge in [0.1, 0.15) is 17.6 Å². The van der Waals surface area contributed by atoms with Crippen molar-refractivity contribution in [2.75, 3.05) is 11.9 Å². The van der Waals surface area contributed by atoms with E-state index in [4.69, 9.17) is 9.15 Å². The summed E-state index contributed by atoms with van der Waals surface area (Å²) in [6.45, 7) is 4.97. The average Bonchev–Trinajstić information content (AvgIpc) is 3.52. The largest absolute Gasteiger partial charge is 0.451 e. The fourth-order valence-electron chi connectivity index (χ4n) is 4.36. The Morgan fingerprint density at radius 2 is 1.91 bits per heavy atom. The minimum atomic E-state index is -0.743. The van der Waals surface area contributed by atoms with Gasteiger partial charge >= 0.3 is 5.97 Å². The molecule has 1 aliphatic carbocycles. The van der Waals surface area contributed by atoms with Gasteiger partial charge < -0.3 is 19.0 Å². The Morgan fingerprint density at radius 1 is 1.21 bits per heavy atom. The number of oxazole rings is 1. The van der Waals surface area contributed by atoms with Crippen LogP contribution >= 0.6 is 0 Å². The van der Waals surface area contributed by atoms with Gasteiger partial charge in [-0.25, -0.2) is 9.78 Å². The molecule has 1 aliphatic rings. The quantitative estimate of drug-likeness (QED) is 0.542. The predicted molar refractivity (Wildman–Crippen MR) is 122 cm³/mol. The van der Waals surface area contributed by atoms with Crippen LogP contribution in [0.2, 0.25) is 0 Å². The van der Waals surface area contributed by atoms with E-state index >= 15 is 0 Å². The fraction of sp³-hybridized carbons (Fsp3) is 0.360. The van der Waals surface area contributed by atoms with Crippen LogP contribution in [-0.2, 0) is 9.53 Å². The molecule has 1 amide bonds. The molecule has 0 bridgehead atoms. The first-order valence-electron chi connectivity index (χ1n) is 11.0. The van der Waals surface area contributed by atoms with Gasteiger partial charge in [0, 0.05) is 17.3 Å². The maximum atomic E-state index is 12.7. The minimum absolute atomic E-state index is 0.0281. The Morgan fingerprint density at radius 3 is 2.58 bits per heavy atom. The normalized spacial score (nSPS) is 13.6. The van der Waals surface area contributed by atoms with Crippen molar-refractivity contribution < 1.29 is 18.7 Å². The molecule has 0 radical (unpaired) electrons. The van der Waals surface area contributed by atoms with E-state index in [0.717, 1.165) is 42.5 Å². The summed E-state index contributed by atoms with van der Waals surface area (Å²) in [5, 5.41) is 12.5. The van der Waals surface area contributed by atoms with Gasteiger partial charge in [-0.3, -0.25) is 4.79 Å². The first kappa shape index (κ1) is 22.3. The lowest BCUT2D eigenvalue weighted by Crippen LogP contribution is -2.24. The topological polar surface area (TPSA) is 110 Å². The molecule has 1 saturated carbocycles. The van der Waals surface area contributed by atoms with E-state index in [1.165, 1.54) is 0 Å². The van der Waals surface area contributed by atoms with E-state index < -0.39 is 18.5 Å². The zero-order valence-electron chi connectivity index (χ0n) is 19.0. The van der Waals surface area contributed by atoms with Gasteiger partial charge in [-0.15, -0.1) is 0 Å². The van der Waals surface area contributed by atoms with Crippen LogP contribution in [0.5, 0.6) is 0 Å². The maximum Gasteiger partial charge on any atom is 0.361 e. The molecular weight excluding hydrogens is 420 g/mol. The first-order valence-corrected chi connectivity index (χ1v) is 11.0. The summed E-state index contributed by atoms with van der Waals surface area (Å²) >= 11 is 0. The second-order valence-electron chi connectivity index (χ2n) is 8.27. The van der Waals surface area contributed by atoms with Gasteiger partial charge in [0.05, 0.1) is 5.56 Å². The van der Waals surface area contributed by atoms with Crippen LogP contribution in [0, 0.1) is 32.1 Å². The van der Waals surface area contributed by atoms with Gasteiger partial charge in [0.15, 0.2) is 12.3 Å². The van der Waals surface area contributed by atoms with E-state index in [9.17, 15) is 14.9 Å². The Kier molecular flexibility index (Phi) is 6.31. The molecule has 170 valence electrons. The van der Waals surface area contributed by atoms with Crippen LogP contribution < -0.4 is 5.32 Å². The van der Waals surface area contributed by atoms with Crippen LogP contribution in [0.3, 0.4) is 0 Å². The summed E-state index contributed by atoms with van der Waals surface area (Å²) < 4.78 is 12.8. The number of hydrogen-bond acceptors (Lipinski definition) is 6. The van der Waals surface area contributed by atoms with Crippen molar-refractivity contribution >= 4 is 17.7 Å². The number of nitrogens with zero attached hydrogens (tertiary/aromatic N) is 3. The van der Waals surface area contributed by atoms with Crippen LogP contribution in [0.1, 0.15) is 64.8 Å². The molecule has 2 aromatic heterocycles. The number of ether oxygens (including phenoxy) is 1. The number of carbonyl (C=O) groups is 2. The molecule has 0 saturated heterocycles. The number of anilines is 1. The zero-order valence-corrected chi connectivity index (χ0v) is 19.0. The number of aromatic nitrogens is 2. The second-order valence-corrected chi connectivity index (χ2v) is 8.27. The van der Waals surface area contributed by atoms with E-state index in [-0.39, 0.29) is 11.7 Å². The molecule has 0 atom stereocenters. The van der Waals surface area contributed by atoms with Crippen molar-refractivity contribution in [3.05, 3.63) is 58.6 Å². The molecule has 0 aliphatic heterocycles. The van der Waals surface area contributed by atoms with E-state index in [1.807, 2.05) is 44.2 Å². The number of benzene rings is 1. The average molecular weight is 447 g/mol. The number of esters is 1. The molecule has 3 aromatic rings. The van der Waals surface area contributed by atoms with E-state index in [1.54, 1.807) is 6.92 Å². The monoisotopic (exact) mass is 446 g/mol. The Labute approximate surface area is 192 Å². The maximum absolute atomic E-state index is 12.7. The third-order valence-electron chi connectivity index (χ3n) is 6.16. The number of nitrogens with one attached hydrogen (secondary N) is 1. The lowest BCUT2D eigenvalue weighted by molar-refractivity contribution is -0.119. The molecule has 8 heteroatoms. The molecule has 1 aromatic carbocycles. The molecule has 4 rings (SSSR count). The minimum Gasteiger partial charge on any atom is -0.451 e. The van der Waals surface area contributed by atoms with Gasteiger partial charge in [-0.1, -0.05) is 31.0 Å². The summed E-state index contributed by atoms with van der Waals surface area (Å²) in [5.41, 5.74) is 3.03. The van der Waals surface area contributed by atoms with Crippen molar-refractivity contribution in [1.82, 2.24) is 9.55 Å². The summed E-state index contributed by atoms with van der Waals surface area (Å²) in [5.74, 6) is -0.158. The lowest BCUT2D eigenvalue weighted by atomic mass is 10.2. The van der Waals surface area contributed by atoms with Gasteiger partial charge in [-0.2, -0.15) is 5.26 Å². The van der Waals surface area contributed by atoms with E-state index in [2.05, 4.69) is 20.9 Å². The third kappa shape index (κ3) is 4.40. The van der Waals surface area contributed by atoms with Crippen molar-refractivity contribution in [1.29, 1.82) is 5.26 Å². The molecule has 2 heterocycles. The zero-order chi connectivity index (χ0) is 23.5. The van der Waals surface area contributed by atoms with Crippen molar-refractivity contribution in [2.24, 2.45) is 0 Å². The standard InChI is InChI=1S/C25H26N4O4/c1-15-16(2)29(19-11-7-8-12-19)23(20(15)13-26)27-21(30)14-32-25(31)22-17(3)33-24(28-22)18-9-5-4-6-10-18/h4-6,9-10,19H,7-8,11-12,14H2,1-3H3,(H,27,30). The third-order valence-corrected chi connectivity index (χ3v) is 6.16. The van der Waals surface area contributed by atoms with Crippen LogP contribution in [0.25, 0.3) is 11.5 Å². The highest BCUT2D eigenvalue weighted by atomic mass is 16.5. The number of hydrogen-bond donors (Lipinski definition) is 1. The number of amides is 1. The van der Waals surface area contributed by atoms with Crippen LogP contribution in [0.4, 0.5) is 5.82 Å². The van der Waals surface area contributed by atoms with Crippen LogP contribution in [-0.4, -0.2) is 28.0 Å². The molecule has 8 nitrogen and oxygen atoms in total. The summed E-state index contributed by atoms with van der Waals surface area (Å²) in [6.07, 6.45) is 4.26. The van der Waals surface area contributed by atoms with Gasteiger partial charge in [-0.05, 0) is 51.3 Å². The molecule has 0 unspecified atom stereocenters. The molecule has 1 N–H and O–H groups in total. The smallest absolute Gasteiger partial charge is 0.361 e. The number of carbonyl (C=O) groups excluding carboxylic acids is 2. The van der Waals surface area contributed by atoms with Crippen LogP contribution in [0.15, 0.2) is 34.7 Å². The number of aryl methyl sites for hydroxylation is 1.